The minimum Gasteiger partial charge on any atom is -0.493 e. The van der Waals surface area contributed by atoms with Crippen molar-refractivity contribution < 1.29 is 9.47 Å². The maximum Gasteiger partial charge on any atom is 0.161 e. The second-order valence-electron chi connectivity index (χ2n) is 3.16. The summed E-state index contributed by atoms with van der Waals surface area (Å²) in [6.45, 7) is 0. The van der Waals surface area contributed by atoms with Crippen molar-refractivity contribution >= 4 is 16.5 Å². The van der Waals surface area contributed by atoms with Crippen LogP contribution < -0.4 is 15.2 Å². The predicted octanol–water partition coefficient (Wildman–Crippen LogP) is 1.83. The molecule has 78 valence electrons. The lowest BCUT2D eigenvalue weighted by molar-refractivity contribution is 0.356. The molecule has 0 aliphatic rings. The van der Waals surface area contributed by atoms with Crippen molar-refractivity contribution in [2.24, 2.45) is 0 Å². The van der Waals surface area contributed by atoms with Crippen molar-refractivity contribution in [1.82, 2.24) is 4.98 Å². The van der Waals surface area contributed by atoms with Crippen LogP contribution in [0, 0.1) is 0 Å². The quantitative estimate of drug-likeness (QED) is 0.810. The molecule has 0 saturated carbocycles. The molecule has 0 fully saturated rings. The van der Waals surface area contributed by atoms with E-state index in [2.05, 4.69) is 4.98 Å². The van der Waals surface area contributed by atoms with Crippen LogP contribution in [0.2, 0.25) is 0 Å². The molecule has 0 unspecified atom stereocenters. The summed E-state index contributed by atoms with van der Waals surface area (Å²) in [5.74, 6) is 1.35. The lowest BCUT2D eigenvalue weighted by atomic mass is 10.1. The van der Waals surface area contributed by atoms with Crippen molar-refractivity contribution in [2.75, 3.05) is 20.0 Å². The highest BCUT2D eigenvalue weighted by atomic mass is 16.5. The van der Waals surface area contributed by atoms with E-state index in [1.54, 1.807) is 26.6 Å². The molecule has 0 spiro atoms. The first-order valence-electron chi connectivity index (χ1n) is 4.51. The molecular formula is C11H12N2O2. The SMILES string of the molecule is COc1cc2cncc(N)c2cc1OC. The van der Waals surface area contributed by atoms with Gasteiger partial charge in [-0.25, -0.2) is 0 Å². The second kappa shape index (κ2) is 3.65. The maximum absolute atomic E-state index is 5.81. The third-order valence-corrected chi connectivity index (χ3v) is 2.29. The number of hydrogen-bond donors (Lipinski definition) is 1. The third-order valence-electron chi connectivity index (χ3n) is 2.29. The van der Waals surface area contributed by atoms with Gasteiger partial charge in [0.25, 0.3) is 0 Å². The average molecular weight is 204 g/mol. The van der Waals surface area contributed by atoms with Gasteiger partial charge in [0.15, 0.2) is 11.5 Å². The largest absolute Gasteiger partial charge is 0.493 e. The van der Waals surface area contributed by atoms with Crippen LogP contribution in [0.4, 0.5) is 5.69 Å². The van der Waals surface area contributed by atoms with E-state index in [-0.39, 0.29) is 0 Å². The highest BCUT2D eigenvalue weighted by Crippen LogP contribution is 2.33. The van der Waals surface area contributed by atoms with Crippen LogP contribution in [-0.2, 0) is 0 Å². The molecule has 15 heavy (non-hydrogen) atoms. The number of nitrogens with zero attached hydrogens (tertiary/aromatic N) is 1. The third kappa shape index (κ3) is 1.54. The van der Waals surface area contributed by atoms with Crippen molar-refractivity contribution in [3.05, 3.63) is 24.5 Å². The molecule has 0 aliphatic heterocycles. The monoisotopic (exact) mass is 204 g/mol. The van der Waals surface area contributed by atoms with Crippen molar-refractivity contribution in [1.29, 1.82) is 0 Å². The van der Waals surface area contributed by atoms with Gasteiger partial charge in [0.1, 0.15) is 0 Å². The van der Waals surface area contributed by atoms with E-state index in [4.69, 9.17) is 15.2 Å². The topological polar surface area (TPSA) is 57.4 Å². The molecule has 0 atom stereocenters. The van der Waals surface area contributed by atoms with E-state index in [0.29, 0.717) is 17.2 Å². The summed E-state index contributed by atoms with van der Waals surface area (Å²) in [6.07, 6.45) is 3.36. The van der Waals surface area contributed by atoms with Crippen LogP contribution in [0.15, 0.2) is 24.5 Å². The minimum absolute atomic E-state index is 0.633. The number of anilines is 1. The number of aromatic nitrogens is 1. The Labute approximate surface area is 87.6 Å². The Morgan fingerprint density at radius 2 is 1.73 bits per heavy atom. The van der Waals surface area contributed by atoms with E-state index in [1.165, 1.54) is 0 Å². The maximum atomic E-state index is 5.81. The first-order valence-corrected chi connectivity index (χ1v) is 4.51. The smallest absolute Gasteiger partial charge is 0.161 e. The fraction of sp³-hybridized carbons (Fsp3) is 0.182. The van der Waals surface area contributed by atoms with Crippen molar-refractivity contribution in [3.8, 4) is 11.5 Å². The number of nitrogen functional groups attached to an aromatic ring is 1. The summed E-state index contributed by atoms with van der Waals surface area (Å²) < 4.78 is 10.4. The normalized spacial score (nSPS) is 10.3. The molecule has 1 aromatic carbocycles. The first kappa shape index (κ1) is 9.58. The highest BCUT2D eigenvalue weighted by Gasteiger charge is 2.07. The molecule has 0 aliphatic carbocycles. The van der Waals surface area contributed by atoms with Gasteiger partial charge in [-0.15, -0.1) is 0 Å². The number of ether oxygens (including phenoxy) is 2. The Morgan fingerprint density at radius 1 is 1.07 bits per heavy atom. The van der Waals surface area contributed by atoms with E-state index in [1.807, 2.05) is 12.1 Å². The average Bonchev–Trinajstić information content (AvgIpc) is 2.28. The summed E-state index contributed by atoms with van der Waals surface area (Å²) in [6, 6.07) is 3.71. The zero-order valence-corrected chi connectivity index (χ0v) is 8.65. The first-order chi connectivity index (χ1) is 7.26. The second-order valence-corrected chi connectivity index (χ2v) is 3.16. The van der Waals surface area contributed by atoms with Crippen LogP contribution in [0.1, 0.15) is 0 Å². The summed E-state index contributed by atoms with van der Waals surface area (Å²) >= 11 is 0. The standard InChI is InChI=1S/C11H12N2O2/c1-14-10-3-7-5-13-6-9(12)8(7)4-11(10)15-2/h3-6H,12H2,1-2H3. The lowest BCUT2D eigenvalue weighted by Crippen LogP contribution is -1.93. The number of nitrogens with two attached hydrogens (primary N) is 1. The molecule has 0 saturated heterocycles. The number of fused-ring (bicyclic) bond motifs is 1. The van der Waals surface area contributed by atoms with Crippen LogP contribution in [0.25, 0.3) is 10.8 Å². The van der Waals surface area contributed by atoms with Gasteiger partial charge in [-0.05, 0) is 12.1 Å². The fourth-order valence-electron chi connectivity index (χ4n) is 1.52. The van der Waals surface area contributed by atoms with Gasteiger partial charge < -0.3 is 15.2 Å². The summed E-state index contributed by atoms with van der Waals surface area (Å²) in [5.41, 5.74) is 6.45. The predicted molar refractivity (Wildman–Crippen MR) is 59.3 cm³/mol. The number of rotatable bonds is 2. The van der Waals surface area contributed by atoms with Crippen LogP contribution in [0.5, 0.6) is 11.5 Å². The van der Waals surface area contributed by atoms with Gasteiger partial charge in [-0.3, -0.25) is 4.98 Å². The molecule has 1 aromatic heterocycles. The molecule has 0 amide bonds. The zero-order chi connectivity index (χ0) is 10.8. The number of hydrogen-bond acceptors (Lipinski definition) is 4. The van der Waals surface area contributed by atoms with Gasteiger partial charge in [-0.2, -0.15) is 0 Å². The molecule has 0 radical (unpaired) electrons. The Bertz CT molecular complexity index is 497. The Balaban J connectivity index is 2.75. The molecule has 2 rings (SSSR count). The van der Waals surface area contributed by atoms with Crippen LogP contribution >= 0.6 is 0 Å². The Kier molecular flexibility index (Phi) is 2.33. The van der Waals surface area contributed by atoms with Crippen LogP contribution in [0.3, 0.4) is 0 Å². The molecule has 4 heteroatoms. The van der Waals surface area contributed by atoms with Gasteiger partial charge in [0.2, 0.25) is 0 Å². The Hall–Kier alpha value is -1.97. The van der Waals surface area contributed by atoms with Gasteiger partial charge >= 0.3 is 0 Å². The van der Waals surface area contributed by atoms with Crippen molar-refractivity contribution in [2.45, 2.75) is 0 Å². The summed E-state index contributed by atoms with van der Waals surface area (Å²) in [4.78, 5) is 4.02. The summed E-state index contributed by atoms with van der Waals surface area (Å²) in [7, 11) is 3.20. The van der Waals surface area contributed by atoms with E-state index in [9.17, 15) is 0 Å². The molecule has 4 nitrogen and oxygen atoms in total. The Morgan fingerprint density at radius 3 is 2.40 bits per heavy atom. The molecule has 2 aromatic rings. The van der Waals surface area contributed by atoms with Gasteiger partial charge in [-0.1, -0.05) is 0 Å². The zero-order valence-electron chi connectivity index (χ0n) is 8.65. The number of benzene rings is 1. The summed E-state index contributed by atoms with van der Waals surface area (Å²) in [5, 5.41) is 1.86. The van der Waals surface area contributed by atoms with Gasteiger partial charge in [0, 0.05) is 17.0 Å². The van der Waals surface area contributed by atoms with E-state index >= 15 is 0 Å². The number of methoxy groups -OCH3 is 2. The molecule has 0 bridgehead atoms. The van der Waals surface area contributed by atoms with Crippen molar-refractivity contribution in [3.63, 3.8) is 0 Å². The van der Waals surface area contributed by atoms with E-state index in [0.717, 1.165) is 10.8 Å². The fourth-order valence-corrected chi connectivity index (χ4v) is 1.52. The minimum atomic E-state index is 0.633. The van der Waals surface area contributed by atoms with Gasteiger partial charge in [0.05, 0.1) is 26.1 Å². The molecule has 2 N–H and O–H groups in total. The van der Waals surface area contributed by atoms with Crippen LogP contribution in [-0.4, -0.2) is 19.2 Å². The molecular weight excluding hydrogens is 192 g/mol. The number of pyridine rings is 1. The molecule has 1 heterocycles. The lowest BCUT2D eigenvalue weighted by Gasteiger charge is -2.09. The highest BCUT2D eigenvalue weighted by molar-refractivity contribution is 5.94. The van der Waals surface area contributed by atoms with E-state index < -0.39 is 0 Å².